The molecule has 0 aliphatic heterocycles. The van der Waals surface area contributed by atoms with E-state index in [0.29, 0.717) is 58.7 Å². The van der Waals surface area contributed by atoms with Crippen molar-refractivity contribution in [2.24, 2.45) is 11.8 Å². The fraction of sp³-hybridized carbons (Fsp3) is 0.611. The van der Waals surface area contributed by atoms with E-state index in [1.807, 2.05) is 14.1 Å². The molecule has 4 atom stereocenters. The maximum atomic E-state index is 13.2. The van der Waals surface area contributed by atoms with Crippen LogP contribution in [0.4, 0.5) is 0 Å². The quantitative estimate of drug-likeness (QED) is 0.144. The fourth-order valence-corrected chi connectivity index (χ4v) is 5.53. The summed E-state index contributed by atoms with van der Waals surface area (Å²) in [4.78, 5) is 30.8. The lowest BCUT2D eigenvalue weighted by molar-refractivity contribution is 0.0197. The highest BCUT2D eigenvalue weighted by atomic mass is 35.5. The van der Waals surface area contributed by atoms with Crippen LogP contribution in [0.3, 0.4) is 0 Å². The van der Waals surface area contributed by atoms with Gasteiger partial charge in [-0.3, -0.25) is 9.80 Å². The van der Waals surface area contributed by atoms with Gasteiger partial charge < -0.3 is 37.9 Å². The third-order valence-electron chi connectivity index (χ3n) is 9.11. The van der Waals surface area contributed by atoms with Gasteiger partial charge in [0.2, 0.25) is 11.5 Å². The Morgan fingerprint density at radius 3 is 1.08 bits per heavy atom. The number of rotatable bonds is 21. The predicted molar refractivity (Wildman–Crippen MR) is 192 cm³/mol. The molecule has 2 aromatic rings. The van der Waals surface area contributed by atoms with Crippen molar-refractivity contribution >= 4 is 24.3 Å². The molecule has 0 saturated heterocycles. The minimum Gasteiger partial charge on any atom is -0.493 e. The second-order valence-corrected chi connectivity index (χ2v) is 11.9. The van der Waals surface area contributed by atoms with Crippen molar-refractivity contribution in [3.05, 3.63) is 35.4 Å². The van der Waals surface area contributed by atoms with Gasteiger partial charge in [0.1, 0.15) is 13.2 Å². The van der Waals surface area contributed by atoms with E-state index < -0.39 is 11.9 Å². The Balaban J connectivity index is 0.0000120. The monoisotopic (exact) mass is 712 g/mol. The van der Waals surface area contributed by atoms with Gasteiger partial charge in [0, 0.05) is 25.2 Å². The van der Waals surface area contributed by atoms with Gasteiger partial charge in [0.05, 0.1) is 53.8 Å². The summed E-state index contributed by atoms with van der Waals surface area (Å²) in [6, 6.07) is 6.31. The van der Waals surface area contributed by atoms with Gasteiger partial charge in [-0.1, -0.05) is 40.5 Å². The van der Waals surface area contributed by atoms with E-state index in [2.05, 4.69) is 37.5 Å². The fourth-order valence-electron chi connectivity index (χ4n) is 5.53. The van der Waals surface area contributed by atoms with Crippen LogP contribution in [0.1, 0.15) is 61.3 Å². The molecule has 0 spiro atoms. The number of ether oxygens (including phenoxy) is 8. The lowest BCUT2D eigenvalue weighted by atomic mass is 9.97. The third kappa shape index (κ3) is 11.5. The first-order valence-corrected chi connectivity index (χ1v) is 16.3. The first kappa shape index (κ1) is 43.4. The summed E-state index contributed by atoms with van der Waals surface area (Å²) in [7, 11) is 13.1. The highest BCUT2D eigenvalue weighted by Crippen LogP contribution is 2.39. The third-order valence-corrected chi connectivity index (χ3v) is 9.11. The lowest BCUT2D eigenvalue weighted by Crippen LogP contribution is -2.47. The van der Waals surface area contributed by atoms with E-state index in [4.69, 9.17) is 37.9 Å². The molecule has 0 fully saturated rings. The van der Waals surface area contributed by atoms with Crippen molar-refractivity contribution in [1.29, 1.82) is 0 Å². The highest BCUT2D eigenvalue weighted by Gasteiger charge is 2.28. The standard InChI is InChI=1S/C36H56N2O10.ClH/c1-13-23(3)27(21-47-35(39)25-17-29(41-7)33(45-11)30(18-25)42-8)37(5)15-16-38(6)28(24(4)14-2)22-48-36(40)26-19-31(43-9)34(46-12)32(20-26)44-10;/h17-20,23-24,27-28H,13-16,21-22H2,1-12H3;1H. The van der Waals surface area contributed by atoms with Crippen molar-refractivity contribution in [2.45, 2.75) is 52.6 Å². The number of likely N-dealkylation sites (N-methyl/N-ethyl adjacent to an activating group) is 2. The molecule has 0 aliphatic carbocycles. The Labute approximate surface area is 298 Å². The summed E-state index contributed by atoms with van der Waals surface area (Å²) in [5.74, 6) is 1.92. The molecule has 278 valence electrons. The van der Waals surface area contributed by atoms with Crippen molar-refractivity contribution in [1.82, 2.24) is 9.80 Å². The van der Waals surface area contributed by atoms with Crippen molar-refractivity contribution in [3.63, 3.8) is 0 Å². The summed E-state index contributed by atoms with van der Waals surface area (Å²) in [5.41, 5.74) is 0.625. The molecule has 0 aliphatic rings. The molecule has 0 amide bonds. The number of carbonyl (C=O) groups is 2. The predicted octanol–water partition coefficient (Wildman–Crippen LogP) is 5.87. The van der Waals surface area contributed by atoms with Crippen LogP contribution in [0.25, 0.3) is 0 Å². The zero-order valence-corrected chi connectivity index (χ0v) is 32.1. The molecule has 13 heteroatoms. The number of hydrogen-bond donors (Lipinski definition) is 0. The number of halogens is 1. The van der Waals surface area contributed by atoms with Crippen molar-refractivity contribution in [3.8, 4) is 34.5 Å². The maximum absolute atomic E-state index is 13.2. The minimum atomic E-state index is -0.473. The van der Waals surface area contributed by atoms with Gasteiger partial charge in [0.25, 0.3) is 0 Å². The van der Waals surface area contributed by atoms with Crippen LogP contribution < -0.4 is 28.4 Å². The average molecular weight is 713 g/mol. The summed E-state index contributed by atoms with van der Waals surface area (Å²) < 4.78 is 44.0. The summed E-state index contributed by atoms with van der Waals surface area (Å²) in [6.45, 7) is 10.4. The van der Waals surface area contributed by atoms with Crippen molar-refractivity contribution < 1.29 is 47.5 Å². The van der Waals surface area contributed by atoms with Crippen LogP contribution in [0.2, 0.25) is 0 Å². The molecule has 0 heterocycles. The molecule has 12 nitrogen and oxygen atoms in total. The Hall–Kier alpha value is -3.61. The summed E-state index contributed by atoms with van der Waals surface area (Å²) in [5, 5.41) is 0. The molecule has 0 N–H and O–H groups in total. The Kier molecular flexibility index (Phi) is 19.0. The topological polar surface area (TPSA) is 114 Å². The van der Waals surface area contributed by atoms with E-state index in [1.165, 1.54) is 42.7 Å². The van der Waals surface area contributed by atoms with Crippen molar-refractivity contribution in [2.75, 3.05) is 83.1 Å². The van der Waals surface area contributed by atoms with Gasteiger partial charge in [-0.15, -0.1) is 12.4 Å². The molecule has 0 bridgehead atoms. The molecular weight excluding hydrogens is 656 g/mol. The van der Waals surface area contributed by atoms with Crippen LogP contribution in [-0.2, 0) is 9.47 Å². The average Bonchev–Trinajstić information content (AvgIpc) is 3.11. The van der Waals surface area contributed by atoms with Crippen LogP contribution >= 0.6 is 12.4 Å². The van der Waals surface area contributed by atoms with Crippen LogP contribution in [0.5, 0.6) is 34.5 Å². The maximum Gasteiger partial charge on any atom is 0.338 e. The Morgan fingerprint density at radius 2 is 0.857 bits per heavy atom. The number of nitrogens with zero attached hydrogens (tertiary/aromatic N) is 2. The number of esters is 2. The molecule has 49 heavy (non-hydrogen) atoms. The Morgan fingerprint density at radius 1 is 0.571 bits per heavy atom. The number of methoxy groups -OCH3 is 6. The molecule has 2 aromatic carbocycles. The van der Waals surface area contributed by atoms with E-state index in [9.17, 15) is 9.59 Å². The molecule has 4 unspecified atom stereocenters. The normalized spacial score (nSPS) is 13.4. The molecule has 0 saturated carbocycles. The van der Waals surface area contributed by atoms with Gasteiger partial charge in [-0.05, 0) is 50.2 Å². The lowest BCUT2D eigenvalue weighted by Gasteiger charge is -2.36. The minimum absolute atomic E-state index is 0. The van der Waals surface area contributed by atoms with E-state index in [1.54, 1.807) is 24.3 Å². The van der Waals surface area contributed by atoms with Gasteiger partial charge in [0.15, 0.2) is 23.0 Å². The zero-order valence-electron chi connectivity index (χ0n) is 31.2. The SMILES string of the molecule is CCC(C)C(COC(=O)c1cc(OC)c(OC)c(OC)c1)N(C)CCN(C)C(COC(=O)c1cc(OC)c(OC)c(OC)c1)C(C)CC.Cl. The smallest absolute Gasteiger partial charge is 0.338 e. The van der Waals surface area contributed by atoms with Gasteiger partial charge in [-0.25, -0.2) is 9.59 Å². The van der Waals surface area contributed by atoms with E-state index >= 15 is 0 Å². The number of hydrogen-bond acceptors (Lipinski definition) is 12. The molecule has 0 radical (unpaired) electrons. The van der Waals surface area contributed by atoms with Crippen LogP contribution in [-0.4, -0.2) is 117 Å². The van der Waals surface area contributed by atoms with Gasteiger partial charge >= 0.3 is 11.9 Å². The second kappa shape index (κ2) is 21.5. The molecule has 2 rings (SSSR count). The largest absolute Gasteiger partial charge is 0.493 e. The summed E-state index contributed by atoms with van der Waals surface area (Å²) >= 11 is 0. The van der Waals surface area contributed by atoms with E-state index in [-0.39, 0.29) is 49.5 Å². The van der Waals surface area contributed by atoms with E-state index in [0.717, 1.165) is 12.8 Å². The highest BCUT2D eigenvalue weighted by molar-refractivity contribution is 5.92. The Bertz CT molecular complexity index is 1180. The number of carbonyl (C=O) groups excluding carboxylic acids is 2. The zero-order chi connectivity index (χ0) is 36.0. The summed E-state index contributed by atoms with van der Waals surface area (Å²) in [6.07, 6.45) is 1.83. The first-order chi connectivity index (χ1) is 22.9. The second-order valence-electron chi connectivity index (χ2n) is 11.9. The van der Waals surface area contributed by atoms with Crippen LogP contribution in [0, 0.1) is 11.8 Å². The number of benzene rings is 2. The molecule has 0 aromatic heterocycles. The molecular formula is C36H57ClN2O10. The first-order valence-electron chi connectivity index (χ1n) is 16.3. The van der Waals surface area contributed by atoms with Crippen LogP contribution in [0.15, 0.2) is 24.3 Å². The van der Waals surface area contributed by atoms with Gasteiger partial charge in [-0.2, -0.15) is 0 Å².